The van der Waals surface area contributed by atoms with E-state index in [2.05, 4.69) is 79.8 Å². The van der Waals surface area contributed by atoms with Crippen molar-refractivity contribution in [3.63, 3.8) is 0 Å². The predicted molar refractivity (Wildman–Crippen MR) is 104 cm³/mol. The lowest BCUT2D eigenvalue weighted by atomic mass is 9.93. The van der Waals surface area contributed by atoms with Crippen molar-refractivity contribution >= 4 is 33.5 Å². The smallest absolute Gasteiger partial charge is 0.134 e. The van der Waals surface area contributed by atoms with Crippen molar-refractivity contribution in [2.75, 3.05) is 13.1 Å². The third-order valence-electron chi connectivity index (χ3n) is 4.48. The summed E-state index contributed by atoms with van der Waals surface area (Å²) in [5.74, 6) is 0.941. The van der Waals surface area contributed by atoms with Crippen LogP contribution in [-0.2, 0) is 5.41 Å². The van der Waals surface area contributed by atoms with Crippen LogP contribution in [0.3, 0.4) is 0 Å². The van der Waals surface area contributed by atoms with E-state index in [4.69, 9.17) is 9.97 Å². The summed E-state index contributed by atoms with van der Waals surface area (Å²) in [5, 5.41) is 1.20. The fraction of sp³-hybridized carbons (Fsp3) is 0.526. The molecule has 2 heterocycles. The fourth-order valence-electron chi connectivity index (χ4n) is 3.18. The van der Waals surface area contributed by atoms with E-state index >= 15 is 0 Å². The molecule has 0 saturated carbocycles. The molecule has 0 N–H and O–H groups in total. The van der Waals surface area contributed by atoms with E-state index < -0.39 is 0 Å². The number of rotatable bonds is 2. The van der Waals surface area contributed by atoms with Gasteiger partial charge >= 0.3 is 0 Å². The van der Waals surface area contributed by atoms with E-state index in [1.54, 1.807) is 0 Å². The molecule has 3 rings (SSSR count). The highest BCUT2D eigenvalue weighted by Crippen LogP contribution is 2.34. The molecule has 1 unspecified atom stereocenters. The average Bonchev–Trinajstić information content (AvgIpc) is 2.53. The van der Waals surface area contributed by atoms with Crippen LogP contribution < -0.4 is 0 Å². The molecule has 0 spiro atoms. The van der Waals surface area contributed by atoms with Crippen molar-refractivity contribution in [1.29, 1.82) is 0 Å². The van der Waals surface area contributed by atoms with Crippen molar-refractivity contribution in [2.24, 2.45) is 0 Å². The zero-order chi connectivity index (χ0) is 16.6. The van der Waals surface area contributed by atoms with Crippen LogP contribution >= 0.6 is 22.6 Å². The Kier molecular flexibility index (Phi) is 4.93. The first-order valence-electron chi connectivity index (χ1n) is 8.45. The van der Waals surface area contributed by atoms with Gasteiger partial charge in [0.05, 0.1) is 17.3 Å². The van der Waals surface area contributed by atoms with Gasteiger partial charge in [0.15, 0.2) is 0 Å². The van der Waals surface area contributed by atoms with E-state index in [-0.39, 0.29) is 5.41 Å². The van der Waals surface area contributed by atoms with Gasteiger partial charge in [-0.1, -0.05) is 27.7 Å². The van der Waals surface area contributed by atoms with E-state index in [9.17, 15) is 0 Å². The lowest BCUT2D eigenvalue weighted by Crippen LogP contribution is -2.34. The van der Waals surface area contributed by atoms with Gasteiger partial charge < -0.3 is 0 Å². The summed E-state index contributed by atoms with van der Waals surface area (Å²) < 4.78 is 1.24. The Morgan fingerprint density at radius 3 is 2.74 bits per heavy atom. The van der Waals surface area contributed by atoms with Crippen LogP contribution in [-0.4, -0.2) is 28.0 Å². The van der Waals surface area contributed by atoms with Crippen LogP contribution in [0.25, 0.3) is 10.9 Å². The molecule has 1 aromatic heterocycles. The Bertz CT molecular complexity index is 706. The third kappa shape index (κ3) is 3.53. The second-order valence-electron chi connectivity index (χ2n) is 7.30. The quantitative estimate of drug-likeness (QED) is 0.646. The van der Waals surface area contributed by atoms with Crippen LogP contribution in [0, 0.1) is 9.99 Å². The SMILES string of the molecule is CCN1CCC[CH]C1c1nc(C(C)(C)C)nc2ccc(I)cc12. The minimum Gasteiger partial charge on any atom is -0.295 e. The number of benzene rings is 1. The molecule has 1 saturated heterocycles. The lowest BCUT2D eigenvalue weighted by molar-refractivity contribution is 0.196. The molecule has 3 nitrogen and oxygen atoms in total. The molecular weight excluding hydrogens is 397 g/mol. The summed E-state index contributed by atoms with van der Waals surface area (Å²) in [6, 6.07) is 6.80. The number of aromatic nitrogens is 2. The molecule has 0 bridgehead atoms. The molecule has 1 fully saturated rings. The zero-order valence-corrected chi connectivity index (χ0v) is 16.6. The molecule has 4 heteroatoms. The van der Waals surface area contributed by atoms with Gasteiger partial charge in [0, 0.05) is 14.4 Å². The van der Waals surface area contributed by atoms with Crippen molar-refractivity contribution in [3.8, 4) is 0 Å². The first-order valence-corrected chi connectivity index (χ1v) is 9.53. The van der Waals surface area contributed by atoms with Gasteiger partial charge in [0.2, 0.25) is 0 Å². The van der Waals surface area contributed by atoms with E-state index in [0.717, 1.165) is 24.4 Å². The highest BCUT2D eigenvalue weighted by molar-refractivity contribution is 14.1. The fourth-order valence-corrected chi connectivity index (χ4v) is 3.67. The average molecular weight is 422 g/mol. The monoisotopic (exact) mass is 422 g/mol. The normalized spacial score (nSPS) is 20.1. The van der Waals surface area contributed by atoms with Crippen molar-refractivity contribution in [2.45, 2.75) is 52.0 Å². The standard InChI is InChI=1S/C19H25IN3/c1-5-23-11-7-6-8-16(23)17-14-12-13(20)9-10-15(14)21-18(22-17)19(2,3)4/h8-10,12,16H,5-7,11H2,1-4H3. The molecule has 2 aromatic rings. The van der Waals surface area contributed by atoms with Crippen LogP contribution in [0.15, 0.2) is 18.2 Å². The molecule has 23 heavy (non-hydrogen) atoms. The lowest BCUT2D eigenvalue weighted by Gasteiger charge is -2.35. The maximum absolute atomic E-state index is 5.05. The summed E-state index contributed by atoms with van der Waals surface area (Å²) in [6.07, 6.45) is 4.85. The van der Waals surface area contributed by atoms with Crippen LogP contribution in [0.2, 0.25) is 0 Å². The number of nitrogens with zero attached hydrogens (tertiary/aromatic N) is 3. The van der Waals surface area contributed by atoms with Crippen molar-refractivity contribution < 1.29 is 0 Å². The van der Waals surface area contributed by atoms with Gasteiger partial charge in [-0.15, -0.1) is 0 Å². The minimum atomic E-state index is -0.0440. The number of piperidine rings is 1. The molecule has 1 aliphatic rings. The highest BCUT2D eigenvalue weighted by atomic mass is 127. The topological polar surface area (TPSA) is 29.0 Å². The largest absolute Gasteiger partial charge is 0.295 e. The summed E-state index contributed by atoms with van der Waals surface area (Å²) in [4.78, 5) is 12.4. The maximum atomic E-state index is 5.05. The Balaban J connectivity index is 2.21. The van der Waals surface area contributed by atoms with Crippen LogP contribution in [0.1, 0.15) is 58.1 Å². The Hall–Kier alpha value is -0.750. The predicted octanol–water partition coefficient (Wildman–Crippen LogP) is 4.89. The Morgan fingerprint density at radius 2 is 2.04 bits per heavy atom. The number of halogens is 1. The van der Waals surface area contributed by atoms with Gasteiger partial charge in [0.1, 0.15) is 5.82 Å². The van der Waals surface area contributed by atoms with E-state index in [1.807, 2.05) is 0 Å². The molecule has 1 atom stereocenters. The number of hydrogen-bond acceptors (Lipinski definition) is 3. The summed E-state index contributed by atoms with van der Waals surface area (Å²) in [6.45, 7) is 11.0. The first-order chi connectivity index (χ1) is 10.9. The number of hydrogen-bond donors (Lipinski definition) is 0. The maximum Gasteiger partial charge on any atom is 0.134 e. The zero-order valence-electron chi connectivity index (χ0n) is 14.4. The Morgan fingerprint density at radius 1 is 1.26 bits per heavy atom. The molecule has 1 aromatic carbocycles. The van der Waals surface area contributed by atoms with Gasteiger partial charge in [-0.3, -0.25) is 4.90 Å². The third-order valence-corrected chi connectivity index (χ3v) is 5.15. The number of likely N-dealkylation sites (tertiary alicyclic amines) is 1. The summed E-state index contributed by atoms with van der Waals surface area (Å²) >= 11 is 2.38. The highest BCUT2D eigenvalue weighted by Gasteiger charge is 2.28. The van der Waals surface area contributed by atoms with Crippen LogP contribution in [0.4, 0.5) is 0 Å². The summed E-state index contributed by atoms with van der Waals surface area (Å²) in [5.41, 5.74) is 2.20. The molecule has 123 valence electrons. The summed E-state index contributed by atoms with van der Waals surface area (Å²) in [7, 11) is 0. The van der Waals surface area contributed by atoms with Crippen molar-refractivity contribution in [3.05, 3.63) is 39.7 Å². The second-order valence-corrected chi connectivity index (χ2v) is 8.54. The molecular formula is C19H25IN3. The molecule has 1 aliphatic heterocycles. The second kappa shape index (κ2) is 6.63. The molecule has 0 amide bonds. The van der Waals surface area contributed by atoms with Crippen molar-refractivity contribution in [1.82, 2.24) is 14.9 Å². The van der Waals surface area contributed by atoms with E-state index in [0.29, 0.717) is 6.04 Å². The van der Waals surface area contributed by atoms with Gasteiger partial charge in [-0.25, -0.2) is 9.97 Å². The first kappa shape index (κ1) is 17.1. The minimum absolute atomic E-state index is 0.0440. The van der Waals surface area contributed by atoms with Crippen LogP contribution in [0.5, 0.6) is 0 Å². The van der Waals surface area contributed by atoms with E-state index in [1.165, 1.54) is 27.5 Å². The molecule has 0 aliphatic carbocycles. The Labute approximate surface area is 153 Å². The van der Waals surface area contributed by atoms with Gasteiger partial charge in [0.25, 0.3) is 0 Å². The number of fused-ring (bicyclic) bond motifs is 1. The van der Waals surface area contributed by atoms with Gasteiger partial charge in [-0.2, -0.15) is 0 Å². The van der Waals surface area contributed by atoms with Gasteiger partial charge in [-0.05, 0) is 73.1 Å². The molecule has 1 radical (unpaired) electrons.